The van der Waals surface area contributed by atoms with Gasteiger partial charge in [-0.3, -0.25) is 4.79 Å². The smallest absolute Gasteiger partial charge is 0.241 e. The van der Waals surface area contributed by atoms with Crippen LogP contribution in [0.4, 0.5) is 17.3 Å². The summed E-state index contributed by atoms with van der Waals surface area (Å²) in [5, 5.41) is 6.56. The molecule has 1 fully saturated rings. The minimum Gasteiger partial charge on any atom is -0.376 e. The van der Waals surface area contributed by atoms with E-state index in [0.717, 1.165) is 54.5 Å². The average Bonchev–Trinajstić information content (AvgIpc) is 2.80. The molecule has 0 radical (unpaired) electrons. The van der Waals surface area contributed by atoms with Crippen LogP contribution in [0.25, 0.3) is 0 Å². The lowest BCUT2D eigenvalue weighted by Crippen LogP contribution is -2.41. The molecule has 6 heteroatoms. The van der Waals surface area contributed by atoms with Crippen LogP contribution < -0.4 is 10.6 Å². The fraction of sp³-hybridized carbons (Fsp3) is 0.320. The van der Waals surface area contributed by atoms with E-state index in [0.29, 0.717) is 12.5 Å². The maximum atomic E-state index is 12.7. The van der Waals surface area contributed by atoms with Crippen molar-refractivity contribution in [1.82, 2.24) is 14.9 Å². The predicted molar refractivity (Wildman–Crippen MR) is 125 cm³/mol. The Bertz CT molecular complexity index is 1030. The summed E-state index contributed by atoms with van der Waals surface area (Å²) in [6.45, 7) is 5.97. The lowest BCUT2D eigenvalue weighted by molar-refractivity contribution is -0.130. The van der Waals surface area contributed by atoms with Gasteiger partial charge in [-0.25, -0.2) is 9.97 Å². The number of amides is 1. The minimum atomic E-state index is 0.151. The second kappa shape index (κ2) is 9.60. The largest absolute Gasteiger partial charge is 0.376 e. The number of carbonyl (C=O) groups excluding carboxylic acids is 1. The molecule has 1 aromatic carbocycles. The van der Waals surface area contributed by atoms with Crippen LogP contribution in [0.1, 0.15) is 35.6 Å². The third-order valence-corrected chi connectivity index (χ3v) is 5.78. The molecule has 0 unspecified atom stereocenters. The van der Waals surface area contributed by atoms with Gasteiger partial charge < -0.3 is 15.5 Å². The molecule has 0 bridgehead atoms. The molecule has 1 saturated heterocycles. The quantitative estimate of drug-likeness (QED) is 0.613. The number of hydrogen-bond acceptors (Lipinski definition) is 5. The number of aromatic nitrogens is 2. The molecule has 2 aromatic heterocycles. The first kappa shape index (κ1) is 20.8. The first-order valence-electron chi connectivity index (χ1n) is 10.8. The number of anilines is 3. The first-order valence-corrected chi connectivity index (χ1v) is 10.8. The van der Waals surface area contributed by atoms with Gasteiger partial charge in [-0.05, 0) is 68.1 Å². The fourth-order valence-electron chi connectivity index (χ4n) is 3.95. The van der Waals surface area contributed by atoms with Gasteiger partial charge in [0.25, 0.3) is 0 Å². The third-order valence-electron chi connectivity index (χ3n) is 5.78. The highest BCUT2D eigenvalue weighted by molar-refractivity contribution is 5.81. The number of rotatable bonds is 6. The fourth-order valence-corrected chi connectivity index (χ4v) is 3.95. The summed E-state index contributed by atoms with van der Waals surface area (Å²) in [7, 11) is 0. The second-order valence-corrected chi connectivity index (χ2v) is 8.11. The van der Waals surface area contributed by atoms with Crippen molar-refractivity contribution in [3.8, 4) is 0 Å². The summed E-state index contributed by atoms with van der Waals surface area (Å²) in [4.78, 5) is 23.7. The van der Waals surface area contributed by atoms with E-state index in [9.17, 15) is 4.79 Å². The molecule has 160 valence electrons. The predicted octanol–water partition coefficient (Wildman–Crippen LogP) is 4.66. The molecule has 0 atom stereocenters. The van der Waals surface area contributed by atoms with Crippen molar-refractivity contribution in [2.24, 2.45) is 0 Å². The lowest BCUT2D eigenvalue weighted by atomic mass is 9.93. The molecule has 1 amide bonds. The zero-order valence-corrected chi connectivity index (χ0v) is 18.1. The Labute approximate surface area is 183 Å². The molecule has 2 N–H and O–H groups in total. The van der Waals surface area contributed by atoms with Crippen molar-refractivity contribution >= 4 is 23.2 Å². The Hall–Kier alpha value is -3.41. The van der Waals surface area contributed by atoms with Crippen LogP contribution in [-0.2, 0) is 4.79 Å². The van der Waals surface area contributed by atoms with E-state index in [2.05, 4.69) is 53.7 Å². The summed E-state index contributed by atoms with van der Waals surface area (Å²) in [6.07, 6.45) is 3.61. The van der Waals surface area contributed by atoms with Crippen LogP contribution in [0.3, 0.4) is 0 Å². The molecular formula is C25H29N5O. The van der Waals surface area contributed by atoms with Gasteiger partial charge in [0.2, 0.25) is 5.91 Å². The zero-order valence-electron chi connectivity index (χ0n) is 18.1. The molecule has 1 aliphatic rings. The first-order chi connectivity index (χ1) is 15.1. The lowest BCUT2D eigenvalue weighted by Gasteiger charge is -2.32. The minimum absolute atomic E-state index is 0.151. The Balaban J connectivity index is 1.30. The highest BCUT2D eigenvalue weighted by Crippen LogP contribution is 2.28. The molecule has 0 aliphatic carbocycles. The van der Waals surface area contributed by atoms with E-state index in [1.54, 1.807) is 6.20 Å². The number of hydrogen-bond donors (Lipinski definition) is 2. The Morgan fingerprint density at radius 2 is 1.84 bits per heavy atom. The highest BCUT2D eigenvalue weighted by Gasteiger charge is 2.24. The van der Waals surface area contributed by atoms with Crippen molar-refractivity contribution < 1.29 is 4.79 Å². The van der Waals surface area contributed by atoms with Gasteiger partial charge in [-0.15, -0.1) is 0 Å². The van der Waals surface area contributed by atoms with Gasteiger partial charge >= 0.3 is 0 Å². The topological polar surface area (TPSA) is 70.2 Å². The number of aryl methyl sites for hydroxylation is 2. The van der Waals surface area contributed by atoms with E-state index >= 15 is 0 Å². The third kappa shape index (κ3) is 5.40. The molecule has 1 aliphatic heterocycles. The van der Waals surface area contributed by atoms with Crippen LogP contribution >= 0.6 is 0 Å². The van der Waals surface area contributed by atoms with Crippen molar-refractivity contribution in [3.05, 3.63) is 77.6 Å². The number of likely N-dealkylation sites (tertiary alicyclic amines) is 1. The summed E-state index contributed by atoms with van der Waals surface area (Å²) < 4.78 is 0. The summed E-state index contributed by atoms with van der Waals surface area (Å²) in [5.41, 5.74) is 4.45. The van der Waals surface area contributed by atoms with Crippen LogP contribution in [0.15, 0.2) is 60.8 Å². The Kier molecular flexibility index (Phi) is 6.46. The van der Waals surface area contributed by atoms with Crippen molar-refractivity contribution in [3.63, 3.8) is 0 Å². The van der Waals surface area contributed by atoms with E-state index in [1.807, 2.05) is 35.2 Å². The number of piperidine rings is 1. The van der Waals surface area contributed by atoms with Crippen LogP contribution in [0, 0.1) is 13.8 Å². The molecule has 0 spiro atoms. The van der Waals surface area contributed by atoms with Gasteiger partial charge in [-0.2, -0.15) is 0 Å². The van der Waals surface area contributed by atoms with Crippen LogP contribution in [-0.4, -0.2) is 40.4 Å². The number of pyridine rings is 2. The molecular weight excluding hydrogens is 386 g/mol. The van der Waals surface area contributed by atoms with Crippen LogP contribution in [0.2, 0.25) is 0 Å². The maximum Gasteiger partial charge on any atom is 0.241 e. The maximum absolute atomic E-state index is 12.7. The summed E-state index contributed by atoms with van der Waals surface area (Å²) in [5.74, 6) is 2.09. The molecule has 6 nitrogen and oxygen atoms in total. The Morgan fingerprint density at radius 3 is 2.61 bits per heavy atom. The van der Waals surface area contributed by atoms with E-state index in [4.69, 9.17) is 4.98 Å². The summed E-state index contributed by atoms with van der Waals surface area (Å²) in [6, 6.07) is 18.1. The molecule has 31 heavy (non-hydrogen) atoms. The van der Waals surface area contributed by atoms with E-state index < -0.39 is 0 Å². The SMILES string of the molecule is Cc1ccc(C)c(NCC(=O)N2CCC(c3cccc(Nc4ccccn4)n3)CC2)c1. The summed E-state index contributed by atoms with van der Waals surface area (Å²) >= 11 is 0. The number of carbonyl (C=O) groups is 1. The zero-order chi connectivity index (χ0) is 21.6. The van der Waals surface area contributed by atoms with Gasteiger partial charge in [0.15, 0.2) is 0 Å². The monoisotopic (exact) mass is 415 g/mol. The number of nitrogens with one attached hydrogen (secondary N) is 2. The molecule has 4 rings (SSSR count). The van der Waals surface area contributed by atoms with Gasteiger partial charge in [0.1, 0.15) is 11.6 Å². The molecule has 3 aromatic rings. The van der Waals surface area contributed by atoms with E-state index in [-0.39, 0.29) is 5.91 Å². The van der Waals surface area contributed by atoms with Gasteiger partial charge in [0, 0.05) is 36.6 Å². The molecule has 3 heterocycles. The van der Waals surface area contributed by atoms with E-state index in [1.165, 1.54) is 5.56 Å². The van der Waals surface area contributed by atoms with Crippen molar-refractivity contribution in [2.75, 3.05) is 30.3 Å². The van der Waals surface area contributed by atoms with Crippen LogP contribution in [0.5, 0.6) is 0 Å². The average molecular weight is 416 g/mol. The highest BCUT2D eigenvalue weighted by atomic mass is 16.2. The molecule has 0 saturated carbocycles. The van der Waals surface area contributed by atoms with Gasteiger partial charge in [-0.1, -0.05) is 24.3 Å². The standard InChI is InChI=1S/C25H29N5O/c1-18-9-10-19(2)22(16-18)27-17-25(31)30-14-11-20(12-15-30)21-6-5-8-24(28-21)29-23-7-3-4-13-26-23/h3-10,13,16,20,27H,11-12,14-15,17H2,1-2H3,(H,26,28,29). The Morgan fingerprint density at radius 1 is 1.03 bits per heavy atom. The van der Waals surface area contributed by atoms with Crippen molar-refractivity contribution in [1.29, 1.82) is 0 Å². The number of benzene rings is 1. The normalized spacial score (nSPS) is 14.3. The second-order valence-electron chi connectivity index (χ2n) is 8.11. The number of nitrogens with zero attached hydrogens (tertiary/aromatic N) is 3. The van der Waals surface area contributed by atoms with Gasteiger partial charge in [0.05, 0.1) is 6.54 Å². The van der Waals surface area contributed by atoms with Crippen molar-refractivity contribution in [2.45, 2.75) is 32.6 Å².